The van der Waals surface area contributed by atoms with Crippen LogP contribution >= 0.6 is 0 Å². The maximum Gasteiger partial charge on any atom is 0.144 e. The molecule has 33 heavy (non-hydrogen) atoms. The van der Waals surface area contributed by atoms with Crippen molar-refractivity contribution in [1.29, 1.82) is 0 Å². The largest absolute Gasteiger partial charge is 0.378 e. The van der Waals surface area contributed by atoms with Gasteiger partial charge in [-0.05, 0) is 65.8 Å². The van der Waals surface area contributed by atoms with Crippen LogP contribution in [0.5, 0.6) is 0 Å². The molecule has 1 aliphatic heterocycles. The summed E-state index contributed by atoms with van der Waals surface area (Å²) in [7, 11) is 0. The lowest BCUT2D eigenvalue weighted by Gasteiger charge is -2.30. The van der Waals surface area contributed by atoms with Crippen LogP contribution in [0.2, 0.25) is 0 Å². The Morgan fingerprint density at radius 3 is 2.45 bits per heavy atom. The first-order chi connectivity index (χ1) is 16.0. The third kappa shape index (κ3) is 6.08. The van der Waals surface area contributed by atoms with E-state index in [1.54, 1.807) is 0 Å². The van der Waals surface area contributed by atoms with E-state index in [1.807, 2.05) is 19.2 Å². The molecule has 4 rings (SSSR count). The molecule has 4 heteroatoms. The van der Waals surface area contributed by atoms with Gasteiger partial charge in [0.05, 0.1) is 13.2 Å². The summed E-state index contributed by atoms with van der Waals surface area (Å²) in [5.41, 5.74) is 6.68. The predicted octanol–water partition coefficient (Wildman–Crippen LogP) is 5.84. The summed E-state index contributed by atoms with van der Waals surface area (Å²) >= 11 is 0. The summed E-state index contributed by atoms with van der Waals surface area (Å²) < 4.78 is 5.50. The number of carbonyl (C=O) groups is 1. The highest BCUT2D eigenvalue weighted by Crippen LogP contribution is 2.30. The second-order valence-electron chi connectivity index (χ2n) is 9.40. The van der Waals surface area contributed by atoms with Crippen LogP contribution in [0.4, 0.5) is 5.69 Å². The van der Waals surface area contributed by atoms with Gasteiger partial charge in [0.15, 0.2) is 0 Å². The molecular formula is C29H34N2O2. The molecule has 1 unspecified atom stereocenters. The average Bonchev–Trinajstić information content (AvgIpc) is 2.83. The fourth-order valence-corrected chi connectivity index (χ4v) is 4.55. The number of hydrogen-bond acceptors (Lipinski definition) is 4. The van der Waals surface area contributed by atoms with E-state index in [4.69, 9.17) is 4.74 Å². The number of morpholine rings is 1. The van der Waals surface area contributed by atoms with Crippen molar-refractivity contribution in [2.45, 2.75) is 39.5 Å². The number of anilines is 1. The number of rotatable bonds is 8. The Labute approximate surface area is 197 Å². The number of hydrogen-bond donors (Lipinski definition) is 0. The van der Waals surface area contributed by atoms with Crippen LogP contribution in [0.25, 0.3) is 11.1 Å². The smallest absolute Gasteiger partial charge is 0.144 e. The second kappa shape index (κ2) is 10.8. The van der Waals surface area contributed by atoms with Gasteiger partial charge in [-0.1, -0.05) is 50.2 Å². The minimum atomic E-state index is -0.0893. The van der Waals surface area contributed by atoms with E-state index in [1.165, 1.54) is 5.69 Å². The van der Waals surface area contributed by atoms with Crippen LogP contribution < -0.4 is 4.90 Å². The molecule has 1 atom stereocenters. The molecule has 0 N–H and O–H groups in total. The third-order valence-corrected chi connectivity index (χ3v) is 6.31. The molecule has 0 aliphatic carbocycles. The third-order valence-electron chi connectivity index (χ3n) is 6.31. The van der Waals surface area contributed by atoms with Crippen LogP contribution in [-0.4, -0.2) is 37.1 Å². The van der Waals surface area contributed by atoms with Gasteiger partial charge in [-0.3, -0.25) is 9.78 Å². The van der Waals surface area contributed by atoms with E-state index in [2.05, 4.69) is 78.3 Å². The predicted molar refractivity (Wildman–Crippen MR) is 135 cm³/mol. The normalized spacial score (nSPS) is 15.0. The van der Waals surface area contributed by atoms with Gasteiger partial charge < -0.3 is 9.64 Å². The zero-order valence-electron chi connectivity index (χ0n) is 20.0. The minimum absolute atomic E-state index is 0.0893. The van der Waals surface area contributed by atoms with Gasteiger partial charge in [0.1, 0.15) is 5.78 Å². The number of aromatic nitrogens is 1. The van der Waals surface area contributed by atoms with E-state index in [9.17, 15) is 4.79 Å². The first-order valence-electron chi connectivity index (χ1n) is 12.0. The Hall–Kier alpha value is -2.98. The summed E-state index contributed by atoms with van der Waals surface area (Å²) in [6.45, 7) is 9.70. The van der Waals surface area contributed by atoms with Gasteiger partial charge >= 0.3 is 0 Å². The number of ketones is 1. The zero-order chi connectivity index (χ0) is 23.2. The van der Waals surface area contributed by atoms with Crippen molar-refractivity contribution in [3.05, 3.63) is 83.7 Å². The summed E-state index contributed by atoms with van der Waals surface area (Å²) in [5.74, 6) is 0.646. The van der Waals surface area contributed by atoms with E-state index in [-0.39, 0.29) is 11.7 Å². The molecule has 2 heterocycles. The number of carbonyl (C=O) groups excluding carboxylic acids is 1. The first kappa shape index (κ1) is 23.2. The second-order valence-corrected chi connectivity index (χ2v) is 9.40. The van der Waals surface area contributed by atoms with Crippen LogP contribution in [0.15, 0.2) is 66.9 Å². The molecule has 4 nitrogen and oxygen atoms in total. The van der Waals surface area contributed by atoms with Gasteiger partial charge in [-0.15, -0.1) is 0 Å². The number of aryl methyl sites for hydroxylation is 1. The molecule has 1 saturated heterocycles. The lowest BCUT2D eigenvalue weighted by Crippen LogP contribution is -2.36. The van der Waals surface area contributed by atoms with E-state index in [0.29, 0.717) is 12.3 Å². The molecule has 0 spiro atoms. The van der Waals surface area contributed by atoms with Crippen LogP contribution in [0, 0.1) is 12.8 Å². The summed E-state index contributed by atoms with van der Waals surface area (Å²) in [5, 5.41) is 0. The Balaban J connectivity index is 1.51. The zero-order valence-corrected chi connectivity index (χ0v) is 20.0. The Morgan fingerprint density at radius 1 is 1.00 bits per heavy atom. The maximum absolute atomic E-state index is 13.5. The molecule has 172 valence electrons. The monoisotopic (exact) mass is 442 g/mol. The van der Waals surface area contributed by atoms with Gasteiger partial charge in [-0.2, -0.15) is 0 Å². The molecule has 1 aromatic heterocycles. The lowest BCUT2D eigenvalue weighted by atomic mass is 9.84. The van der Waals surface area contributed by atoms with Crippen molar-refractivity contribution in [2.24, 2.45) is 5.92 Å². The SMILES string of the molecule is Cc1cc(-c2ccc(CC(=O)C(CC(C)C)c3cccc(N4CCOCC4)c3)cc2)ccn1. The Kier molecular flexibility index (Phi) is 7.56. The highest BCUT2D eigenvalue weighted by atomic mass is 16.5. The van der Waals surface area contributed by atoms with Crippen LogP contribution in [-0.2, 0) is 16.0 Å². The fraction of sp³-hybridized carbons (Fsp3) is 0.379. The van der Waals surface area contributed by atoms with Crippen molar-refractivity contribution in [1.82, 2.24) is 4.98 Å². The number of ether oxygens (including phenoxy) is 1. The standard InChI is InChI=1S/C29H34N2O2/c1-21(2)17-28(26-5-4-6-27(20-26)31-13-15-33-16-14-31)29(32)19-23-7-9-24(10-8-23)25-11-12-30-22(3)18-25/h4-12,18,20-21,28H,13-17,19H2,1-3H3. The fourth-order valence-electron chi connectivity index (χ4n) is 4.55. The van der Waals surface area contributed by atoms with Crippen molar-refractivity contribution in [3.8, 4) is 11.1 Å². The molecule has 0 radical (unpaired) electrons. The van der Waals surface area contributed by atoms with Gasteiger partial charge in [-0.25, -0.2) is 0 Å². The molecular weight excluding hydrogens is 408 g/mol. The molecule has 0 saturated carbocycles. The molecule has 1 fully saturated rings. The Bertz CT molecular complexity index is 1070. The van der Waals surface area contributed by atoms with E-state index >= 15 is 0 Å². The highest BCUT2D eigenvalue weighted by molar-refractivity contribution is 5.88. The highest BCUT2D eigenvalue weighted by Gasteiger charge is 2.23. The van der Waals surface area contributed by atoms with Crippen molar-refractivity contribution >= 4 is 11.5 Å². The molecule has 0 bridgehead atoms. The number of pyridine rings is 1. The topological polar surface area (TPSA) is 42.4 Å². The summed E-state index contributed by atoms with van der Waals surface area (Å²) in [6.07, 6.45) is 3.15. The minimum Gasteiger partial charge on any atom is -0.378 e. The van der Waals surface area contributed by atoms with Gasteiger partial charge in [0.2, 0.25) is 0 Å². The molecule has 3 aromatic rings. The van der Waals surface area contributed by atoms with Gasteiger partial charge in [0.25, 0.3) is 0 Å². The maximum atomic E-state index is 13.5. The number of Topliss-reactive ketones (excluding diaryl/α,β-unsaturated/α-hetero) is 1. The van der Waals surface area contributed by atoms with Gasteiger partial charge in [0, 0.05) is 43.0 Å². The average molecular weight is 443 g/mol. The molecule has 2 aromatic carbocycles. The van der Waals surface area contributed by atoms with Crippen LogP contribution in [0.1, 0.15) is 43.0 Å². The quantitative estimate of drug-likeness (QED) is 0.440. The number of nitrogens with zero attached hydrogens (tertiary/aromatic N) is 2. The van der Waals surface area contributed by atoms with Crippen molar-refractivity contribution in [3.63, 3.8) is 0 Å². The Morgan fingerprint density at radius 2 is 1.76 bits per heavy atom. The summed E-state index contributed by atoms with van der Waals surface area (Å²) in [6, 6.07) is 21.0. The lowest BCUT2D eigenvalue weighted by molar-refractivity contribution is -0.120. The van der Waals surface area contributed by atoms with Crippen LogP contribution in [0.3, 0.4) is 0 Å². The summed E-state index contributed by atoms with van der Waals surface area (Å²) in [4.78, 5) is 20.1. The number of benzene rings is 2. The van der Waals surface area contributed by atoms with E-state index < -0.39 is 0 Å². The van der Waals surface area contributed by atoms with E-state index in [0.717, 1.165) is 60.7 Å². The first-order valence-corrected chi connectivity index (χ1v) is 12.0. The van der Waals surface area contributed by atoms with Crippen molar-refractivity contribution < 1.29 is 9.53 Å². The van der Waals surface area contributed by atoms with Crippen molar-refractivity contribution in [2.75, 3.05) is 31.2 Å². The molecule has 0 amide bonds. The molecule has 1 aliphatic rings.